The molecular formula is C12H17NO2S. The highest BCUT2D eigenvalue weighted by Crippen LogP contribution is 2.29. The van der Waals surface area contributed by atoms with Crippen LogP contribution in [0.15, 0.2) is 18.2 Å². The van der Waals surface area contributed by atoms with Crippen LogP contribution < -0.4 is 10.1 Å². The van der Waals surface area contributed by atoms with E-state index in [1.165, 1.54) is 0 Å². The number of hydrogen-bond donors (Lipinski definition) is 2. The summed E-state index contributed by atoms with van der Waals surface area (Å²) in [6.07, 6.45) is 0.875. The van der Waals surface area contributed by atoms with Gasteiger partial charge in [0.25, 0.3) is 0 Å². The third kappa shape index (κ3) is 3.17. The fourth-order valence-electron chi connectivity index (χ4n) is 1.47. The summed E-state index contributed by atoms with van der Waals surface area (Å²) in [4.78, 5) is 11.3. The summed E-state index contributed by atoms with van der Waals surface area (Å²) in [5, 5.41) is 2.78. The standard InChI is InChI=1S/C12H17NO2S/c1-3-9-6-5-7-10(12(9)15-4-2)13-11(14)8-16/h5-7,16H,3-4,8H2,1-2H3,(H,13,14). The number of thiol groups is 1. The van der Waals surface area contributed by atoms with Crippen molar-refractivity contribution in [3.63, 3.8) is 0 Å². The van der Waals surface area contributed by atoms with Crippen LogP contribution in [0.2, 0.25) is 0 Å². The van der Waals surface area contributed by atoms with E-state index in [0.29, 0.717) is 6.61 Å². The average molecular weight is 239 g/mol. The van der Waals surface area contributed by atoms with Crippen LogP contribution in [0.25, 0.3) is 0 Å². The lowest BCUT2D eigenvalue weighted by Crippen LogP contribution is -2.14. The van der Waals surface area contributed by atoms with E-state index in [-0.39, 0.29) is 11.7 Å². The third-order valence-electron chi connectivity index (χ3n) is 2.18. The lowest BCUT2D eigenvalue weighted by atomic mass is 10.1. The van der Waals surface area contributed by atoms with Crippen molar-refractivity contribution in [2.75, 3.05) is 17.7 Å². The number of aryl methyl sites for hydroxylation is 1. The smallest absolute Gasteiger partial charge is 0.234 e. The minimum Gasteiger partial charge on any atom is -0.491 e. The second kappa shape index (κ2) is 6.43. The normalized spacial score (nSPS) is 9.94. The zero-order valence-electron chi connectivity index (χ0n) is 9.62. The van der Waals surface area contributed by atoms with Gasteiger partial charge in [0, 0.05) is 0 Å². The largest absolute Gasteiger partial charge is 0.491 e. The monoisotopic (exact) mass is 239 g/mol. The highest BCUT2D eigenvalue weighted by atomic mass is 32.1. The molecule has 0 unspecified atom stereocenters. The van der Waals surface area contributed by atoms with Gasteiger partial charge in [-0.15, -0.1) is 0 Å². The minimum atomic E-state index is -0.127. The van der Waals surface area contributed by atoms with Crippen LogP contribution in [0.4, 0.5) is 5.69 Å². The van der Waals surface area contributed by atoms with Crippen molar-refractivity contribution in [3.05, 3.63) is 23.8 Å². The molecule has 4 heteroatoms. The van der Waals surface area contributed by atoms with E-state index < -0.39 is 0 Å². The molecule has 1 aromatic carbocycles. The summed E-state index contributed by atoms with van der Waals surface area (Å²) < 4.78 is 5.56. The van der Waals surface area contributed by atoms with Crippen LogP contribution >= 0.6 is 12.6 Å². The van der Waals surface area contributed by atoms with E-state index in [9.17, 15) is 4.79 Å². The highest BCUT2D eigenvalue weighted by Gasteiger charge is 2.10. The van der Waals surface area contributed by atoms with E-state index in [1.54, 1.807) is 0 Å². The van der Waals surface area contributed by atoms with Crippen molar-refractivity contribution in [3.8, 4) is 5.75 Å². The summed E-state index contributed by atoms with van der Waals surface area (Å²) in [5.74, 6) is 0.808. The molecule has 0 aliphatic rings. The Hall–Kier alpha value is -1.16. The van der Waals surface area contributed by atoms with E-state index >= 15 is 0 Å². The first-order chi connectivity index (χ1) is 7.72. The molecule has 0 heterocycles. The van der Waals surface area contributed by atoms with Crippen molar-refractivity contribution in [1.29, 1.82) is 0 Å². The Morgan fingerprint density at radius 1 is 1.44 bits per heavy atom. The van der Waals surface area contributed by atoms with Crippen LogP contribution in [0.1, 0.15) is 19.4 Å². The van der Waals surface area contributed by atoms with Gasteiger partial charge >= 0.3 is 0 Å². The molecule has 1 N–H and O–H groups in total. The Balaban J connectivity index is 3.01. The Morgan fingerprint density at radius 2 is 2.19 bits per heavy atom. The number of amides is 1. The summed E-state index contributed by atoms with van der Waals surface area (Å²) in [7, 11) is 0. The minimum absolute atomic E-state index is 0.127. The van der Waals surface area contributed by atoms with Gasteiger partial charge in [0.15, 0.2) is 0 Å². The molecule has 0 saturated carbocycles. The molecule has 0 bridgehead atoms. The van der Waals surface area contributed by atoms with Crippen LogP contribution in [0.3, 0.4) is 0 Å². The maximum Gasteiger partial charge on any atom is 0.234 e. The number of anilines is 1. The molecule has 0 atom stereocenters. The van der Waals surface area contributed by atoms with E-state index in [1.807, 2.05) is 25.1 Å². The molecule has 0 aliphatic carbocycles. The van der Waals surface area contributed by atoms with Crippen molar-refractivity contribution in [2.24, 2.45) is 0 Å². The van der Waals surface area contributed by atoms with Gasteiger partial charge in [0.2, 0.25) is 5.91 Å². The molecule has 1 amide bonds. The molecule has 0 spiro atoms. The fourth-order valence-corrected chi connectivity index (χ4v) is 1.55. The number of hydrogen-bond acceptors (Lipinski definition) is 3. The van der Waals surface area contributed by atoms with Crippen molar-refractivity contribution in [1.82, 2.24) is 0 Å². The van der Waals surface area contributed by atoms with Crippen molar-refractivity contribution < 1.29 is 9.53 Å². The molecule has 0 aromatic heterocycles. The third-order valence-corrected chi connectivity index (χ3v) is 2.47. The van der Waals surface area contributed by atoms with E-state index in [4.69, 9.17) is 4.74 Å². The van der Waals surface area contributed by atoms with E-state index in [0.717, 1.165) is 23.4 Å². The van der Waals surface area contributed by atoms with Crippen LogP contribution in [-0.2, 0) is 11.2 Å². The second-order valence-electron chi connectivity index (χ2n) is 3.29. The molecular weight excluding hydrogens is 222 g/mol. The fraction of sp³-hybridized carbons (Fsp3) is 0.417. The van der Waals surface area contributed by atoms with Gasteiger partial charge in [-0.1, -0.05) is 19.1 Å². The van der Waals surface area contributed by atoms with Crippen molar-refractivity contribution >= 4 is 24.2 Å². The topological polar surface area (TPSA) is 38.3 Å². The lowest BCUT2D eigenvalue weighted by Gasteiger charge is -2.14. The first-order valence-electron chi connectivity index (χ1n) is 5.38. The Morgan fingerprint density at radius 3 is 2.75 bits per heavy atom. The number of nitrogens with one attached hydrogen (secondary N) is 1. The summed E-state index contributed by atoms with van der Waals surface area (Å²) in [6.45, 7) is 4.57. The molecule has 0 fully saturated rings. The van der Waals surface area contributed by atoms with Gasteiger partial charge in [0.1, 0.15) is 5.75 Å². The van der Waals surface area contributed by atoms with Crippen LogP contribution in [0, 0.1) is 0 Å². The quantitative estimate of drug-likeness (QED) is 0.775. The lowest BCUT2D eigenvalue weighted by molar-refractivity contribution is -0.113. The number of carbonyl (C=O) groups excluding carboxylic acids is 1. The summed E-state index contributed by atoms with van der Waals surface area (Å²) in [5.41, 5.74) is 1.82. The number of rotatable bonds is 5. The van der Waals surface area contributed by atoms with Gasteiger partial charge < -0.3 is 10.1 Å². The van der Waals surface area contributed by atoms with E-state index in [2.05, 4.69) is 24.9 Å². The predicted molar refractivity (Wildman–Crippen MR) is 69.5 cm³/mol. The summed E-state index contributed by atoms with van der Waals surface area (Å²) in [6, 6.07) is 5.75. The molecule has 1 rings (SSSR count). The van der Waals surface area contributed by atoms with Crippen molar-refractivity contribution in [2.45, 2.75) is 20.3 Å². The highest BCUT2D eigenvalue weighted by molar-refractivity contribution is 7.81. The molecule has 3 nitrogen and oxygen atoms in total. The van der Waals surface area contributed by atoms with Crippen LogP contribution in [-0.4, -0.2) is 18.3 Å². The average Bonchev–Trinajstić information content (AvgIpc) is 2.31. The van der Waals surface area contributed by atoms with Gasteiger partial charge in [-0.2, -0.15) is 12.6 Å². The number of benzene rings is 1. The Labute approximate surface area is 102 Å². The zero-order valence-corrected chi connectivity index (χ0v) is 10.5. The first kappa shape index (κ1) is 12.9. The zero-order chi connectivity index (χ0) is 12.0. The molecule has 1 aromatic rings. The predicted octanol–water partition coefficient (Wildman–Crippen LogP) is 2.52. The first-order valence-corrected chi connectivity index (χ1v) is 6.01. The molecule has 88 valence electrons. The number of ether oxygens (including phenoxy) is 1. The molecule has 0 radical (unpaired) electrons. The maximum atomic E-state index is 11.3. The van der Waals surface area contributed by atoms with Gasteiger partial charge in [-0.25, -0.2) is 0 Å². The Kier molecular flexibility index (Phi) is 5.19. The van der Waals surface area contributed by atoms with Gasteiger partial charge in [-0.3, -0.25) is 4.79 Å². The molecule has 0 saturated heterocycles. The van der Waals surface area contributed by atoms with Crippen LogP contribution in [0.5, 0.6) is 5.75 Å². The van der Waals surface area contributed by atoms with Gasteiger partial charge in [0.05, 0.1) is 18.0 Å². The summed E-state index contributed by atoms with van der Waals surface area (Å²) >= 11 is 3.93. The number of para-hydroxylation sites is 1. The second-order valence-corrected chi connectivity index (χ2v) is 3.60. The maximum absolute atomic E-state index is 11.3. The van der Waals surface area contributed by atoms with Gasteiger partial charge in [-0.05, 0) is 25.0 Å². The SMILES string of the molecule is CCOc1c(CC)cccc1NC(=O)CS. The molecule has 0 aliphatic heterocycles. The number of carbonyl (C=O) groups is 1. The Bertz CT molecular complexity index is 366. The molecule has 16 heavy (non-hydrogen) atoms.